The predicted octanol–water partition coefficient (Wildman–Crippen LogP) is 15.2. The Kier molecular flexibility index (Phi) is 43.6. The molecule has 0 aromatic carbocycles. The maximum Gasteiger partial charge on any atom is 0.306 e. The van der Waals surface area contributed by atoms with Crippen molar-refractivity contribution in [3.05, 3.63) is 109 Å². The van der Waals surface area contributed by atoms with Crippen molar-refractivity contribution >= 4 is 17.9 Å². The number of allylic oxidation sites excluding steroid dienone is 18. The third-order valence-corrected chi connectivity index (χ3v) is 9.38. The summed E-state index contributed by atoms with van der Waals surface area (Å²) in [6, 6.07) is 0. The monoisotopic (exact) mass is 817 g/mol. The molecule has 0 aromatic heterocycles. The molecule has 0 aliphatic rings. The zero-order valence-electron chi connectivity index (χ0n) is 37.7. The Morgan fingerprint density at radius 2 is 0.780 bits per heavy atom. The summed E-state index contributed by atoms with van der Waals surface area (Å²) in [6.07, 6.45) is 62.2. The van der Waals surface area contributed by atoms with Crippen molar-refractivity contribution in [2.45, 2.75) is 194 Å². The van der Waals surface area contributed by atoms with Gasteiger partial charge in [0.05, 0.1) is 0 Å². The van der Waals surface area contributed by atoms with Gasteiger partial charge in [0.1, 0.15) is 13.2 Å². The zero-order valence-corrected chi connectivity index (χ0v) is 37.7. The molecule has 0 rings (SSSR count). The molecule has 0 radical (unpaired) electrons. The van der Waals surface area contributed by atoms with E-state index < -0.39 is 6.10 Å². The van der Waals surface area contributed by atoms with Gasteiger partial charge in [0.2, 0.25) is 0 Å². The summed E-state index contributed by atoms with van der Waals surface area (Å²) >= 11 is 0. The van der Waals surface area contributed by atoms with Crippen molar-refractivity contribution in [1.82, 2.24) is 0 Å². The van der Waals surface area contributed by atoms with Crippen molar-refractivity contribution in [2.24, 2.45) is 0 Å². The fourth-order valence-corrected chi connectivity index (χ4v) is 5.91. The minimum absolute atomic E-state index is 0.112. The van der Waals surface area contributed by atoms with Crippen LogP contribution in [0.4, 0.5) is 0 Å². The van der Waals surface area contributed by atoms with E-state index in [0.29, 0.717) is 12.8 Å². The van der Waals surface area contributed by atoms with Gasteiger partial charge in [-0.1, -0.05) is 207 Å². The zero-order chi connectivity index (χ0) is 43.0. The Morgan fingerprint density at radius 3 is 1.31 bits per heavy atom. The second-order valence-electron chi connectivity index (χ2n) is 15.0. The lowest BCUT2D eigenvalue weighted by Gasteiger charge is -2.18. The summed E-state index contributed by atoms with van der Waals surface area (Å²) in [5, 5.41) is 0. The van der Waals surface area contributed by atoms with E-state index in [9.17, 15) is 14.4 Å². The van der Waals surface area contributed by atoms with E-state index in [0.717, 1.165) is 96.3 Å². The molecule has 1 unspecified atom stereocenters. The predicted molar refractivity (Wildman–Crippen MR) is 251 cm³/mol. The maximum atomic E-state index is 12.7. The van der Waals surface area contributed by atoms with E-state index in [4.69, 9.17) is 14.2 Å². The fraction of sp³-hybridized carbons (Fsp3) is 0.604. The molecule has 6 nitrogen and oxygen atoms in total. The highest BCUT2D eigenvalue weighted by Gasteiger charge is 2.19. The third kappa shape index (κ3) is 45.0. The first-order valence-corrected chi connectivity index (χ1v) is 23.4. The number of unbranched alkanes of at least 4 members (excludes halogenated alkanes) is 14. The molecule has 0 spiro atoms. The van der Waals surface area contributed by atoms with Crippen LogP contribution in [0.1, 0.15) is 188 Å². The van der Waals surface area contributed by atoms with Gasteiger partial charge in [-0.15, -0.1) is 0 Å². The summed E-state index contributed by atoms with van der Waals surface area (Å²) in [5.74, 6) is -1.03. The molecule has 0 heterocycles. The van der Waals surface area contributed by atoms with Crippen LogP contribution in [0, 0.1) is 0 Å². The highest BCUT2D eigenvalue weighted by molar-refractivity contribution is 5.71. The normalized spacial score (nSPS) is 13.1. The minimum Gasteiger partial charge on any atom is -0.462 e. The van der Waals surface area contributed by atoms with Crippen LogP contribution in [0.5, 0.6) is 0 Å². The summed E-state index contributed by atoms with van der Waals surface area (Å²) in [4.78, 5) is 37.8. The fourth-order valence-electron chi connectivity index (χ4n) is 5.91. The molecular weight excluding hydrogens is 733 g/mol. The first kappa shape index (κ1) is 55.1. The van der Waals surface area contributed by atoms with Gasteiger partial charge in [-0.3, -0.25) is 14.4 Å². The van der Waals surface area contributed by atoms with Crippen molar-refractivity contribution in [3.63, 3.8) is 0 Å². The second kappa shape index (κ2) is 46.8. The van der Waals surface area contributed by atoms with Gasteiger partial charge in [-0.25, -0.2) is 0 Å². The average molecular weight is 817 g/mol. The van der Waals surface area contributed by atoms with Crippen molar-refractivity contribution < 1.29 is 28.6 Å². The summed E-state index contributed by atoms with van der Waals surface area (Å²) in [5.41, 5.74) is 0. The molecule has 0 amide bonds. The van der Waals surface area contributed by atoms with Gasteiger partial charge in [-0.05, 0) is 70.6 Å². The molecular formula is C53H84O6. The number of carbonyl (C=O) groups is 3. The van der Waals surface area contributed by atoms with Gasteiger partial charge >= 0.3 is 17.9 Å². The van der Waals surface area contributed by atoms with Gasteiger partial charge in [0.25, 0.3) is 0 Å². The van der Waals surface area contributed by atoms with Crippen molar-refractivity contribution in [3.8, 4) is 0 Å². The molecule has 1 atom stereocenters. The van der Waals surface area contributed by atoms with Gasteiger partial charge in [0, 0.05) is 19.3 Å². The van der Waals surface area contributed by atoms with Crippen molar-refractivity contribution in [1.29, 1.82) is 0 Å². The maximum absolute atomic E-state index is 12.7. The lowest BCUT2D eigenvalue weighted by molar-refractivity contribution is -0.166. The van der Waals surface area contributed by atoms with E-state index in [-0.39, 0.29) is 44.0 Å². The number of carbonyl (C=O) groups excluding carboxylic acids is 3. The van der Waals surface area contributed by atoms with E-state index in [1.54, 1.807) is 0 Å². The summed E-state index contributed by atoms with van der Waals surface area (Å²) in [7, 11) is 0. The van der Waals surface area contributed by atoms with Crippen LogP contribution >= 0.6 is 0 Å². The van der Waals surface area contributed by atoms with Gasteiger partial charge in [-0.2, -0.15) is 0 Å². The lowest BCUT2D eigenvalue weighted by atomic mass is 10.1. The third-order valence-electron chi connectivity index (χ3n) is 9.38. The molecule has 0 fully saturated rings. The molecule has 0 aliphatic heterocycles. The average Bonchev–Trinajstić information content (AvgIpc) is 3.23. The topological polar surface area (TPSA) is 78.9 Å². The molecule has 6 heteroatoms. The molecule has 0 aromatic rings. The number of hydrogen-bond donors (Lipinski definition) is 0. The van der Waals surface area contributed by atoms with Crippen LogP contribution in [0.2, 0.25) is 0 Å². The van der Waals surface area contributed by atoms with Gasteiger partial charge < -0.3 is 14.2 Å². The van der Waals surface area contributed by atoms with Crippen LogP contribution in [0.15, 0.2) is 109 Å². The lowest BCUT2D eigenvalue weighted by Crippen LogP contribution is -2.30. The Balaban J connectivity index is 4.55. The quantitative estimate of drug-likeness (QED) is 0.0201. The van der Waals surface area contributed by atoms with Crippen LogP contribution in [-0.2, 0) is 28.6 Å². The van der Waals surface area contributed by atoms with Crippen LogP contribution in [0.25, 0.3) is 0 Å². The van der Waals surface area contributed by atoms with E-state index >= 15 is 0 Å². The second-order valence-corrected chi connectivity index (χ2v) is 15.0. The Bertz CT molecular complexity index is 1260. The first-order valence-electron chi connectivity index (χ1n) is 23.4. The Labute approximate surface area is 361 Å². The standard InChI is InChI=1S/C53H84O6/c1-4-7-10-13-16-19-22-24-26-28-29-31-34-37-40-43-46-52(55)58-49-50(48-57-51(54)45-42-39-36-33-21-18-15-12-9-6-3)59-53(56)47-44-41-38-35-32-30-27-25-23-20-17-14-11-8-5-2/h7-8,10-11,14,16-17,19-20,23-27,29,31,37,40,50H,4-6,9,12-13,15,18,21-22,28,30,32-36,38-39,41-49H2,1-3H3/b10-7-,11-8-,17-14-,19-16-,23-20-,26-24-,27-25-,31-29-,40-37-. The molecule has 0 saturated heterocycles. The van der Waals surface area contributed by atoms with E-state index in [2.05, 4.69) is 93.7 Å². The highest BCUT2D eigenvalue weighted by atomic mass is 16.6. The number of ether oxygens (including phenoxy) is 3. The molecule has 0 saturated carbocycles. The van der Waals surface area contributed by atoms with Crippen LogP contribution in [0.3, 0.4) is 0 Å². The van der Waals surface area contributed by atoms with Crippen LogP contribution < -0.4 is 0 Å². The first-order chi connectivity index (χ1) is 29.0. The van der Waals surface area contributed by atoms with E-state index in [1.165, 1.54) is 44.9 Å². The summed E-state index contributed by atoms with van der Waals surface area (Å²) in [6.45, 7) is 6.26. The Morgan fingerprint density at radius 1 is 0.373 bits per heavy atom. The summed E-state index contributed by atoms with van der Waals surface area (Å²) < 4.78 is 16.6. The SMILES string of the molecule is CC\C=C/C=C\C=C/C=C\CCCCCCCC(=O)OC(COC(=O)CC/C=C\C/C=C\C/C=C\C/C=C\C/C=C\CC)COC(=O)CCCCCCCCCCCC. The minimum atomic E-state index is -0.819. The van der Waals surface area contributed by atoms with Crippen molar-refractivity contribution in [2.75, 3.05) is 13.2 Å². The number of esters is 3. The number of hydrogen-bond acceptors (Lipinski definition) is 6. The largest absolute Gasteiger partial charge is 0.462 e. The molecule has 0 aliphatic carbocycles. The van der Waals surface area contributed by atoms with Gasteiger partial charge in [0.15, 0.2) is 6.10 Å². The molecule has 332 valence electrons. The molecule has 0 N–H and O–H groups in total. The van der Waals surface area contributed by atoms with Crippen LogP contribution in [-0.4, -0.2) is 37.2 Å². The smallest absolute Gasteiger partial charge is 0.306 e. The van der Waals surface area contributed by atoms with E-state index in [1.807, 2.05) is 36.5 Å². The molecule has 59 heavy (non-hydrogen) atoms. The molecule has 0 bridgehead atoms. The Hall–Kier alpha value is -3.93. The highest BCUT2D eigenvalue weighted by Crippen LogP contribution is 2.13. The number of rotatable bonds is 40.